The molecular formula is C17H16NO4-. The summed E-state index contributed by atoms with van der Waals surface area (Å²) in [5.74, 6) is -1.09. The number of aryl methyl sites for hydroxylation is 2. The maximum atomic E-state index is 12.1. The Bertz CT molecular complexity index is 692. The molecule has 0 aromatic heterocycles. The van der Waals surface area contributed by atoms with E-state index in [1.54, 1.807) is 30.3 Å². The third-order valence-electron chi connectivity index (χ3n) is 3.24. The van der Waals surface area contributed by atoms with Crippen LogP contribution in [0.15, 0.2) is 42.5 Å². The molecule has 0 aliphatic rings. The maximum absolute atomic E-state index is 12.1. The van der Waals surface area contributed by atoms with Gasteiger partial charge in [0.1, 0.15) is 12.4 Å². The van der Waals surface area contributed by atoms with Gasteiger partial charge in [0.15, 0.2) is 0 Å². The molecule has 1 amide bonds. The summed E-state index contributed by atoms with van der Waals surface area (Å²) in [7, 11) is 0. The summed E-state index contributed by atoms with van der Waals surface area (Å²) in [4.78, 5) is 22.4. The molecule has 0 saturated heterocycles. The van der Waals surface area contributed by atoms with Crippen LogP contribution in [0.4, 0.5) is 5.69 Å². The molecular weight excluding hydrogens is 282 g/mol. The highest BCUT2D eigenvalue weighted by Gasteiger charge is 2.07. The summed E-state index contributed by atoms with van der Waals surface area (Å²) in [6, 6.07) is 12.0. The van der Waals surface area contributed by atoms with E-state index in [-0.39, 0.29) is 5.91 Å². The van der Waals surface area contributed by atoms with E-state index >= 15 is 0 Å². The molecule has 0 aliphatic heterocycles. The van der Waals surface area contributed by atoms with Crippen molar-refractivity contribution in [3.63, 3.8) is 0 Å². The van der Waals surface area contributed by atoms with Gasteiger partial charge in [-0.1, -0.05) is 6.07 Å². The first-order chi connectivity index (χ1) is 10.5. The molecule has 114 valence electrons. The van der Waals surface area contributed by atoms with Gasteiger partial charge in [-0.15, -0.1) is 0 Å². The zero-order chi connectivity index (χ0) is 16.1. The van der Waals surface area contributed by atoms with Crippen molar-refractivity contribution < 1.29 is 19.4 Å². The number of carboxylic acid groups (broad SMARTS) is 1. The van der Waals surface area contributed by atoms with Crippen LogP contribution in [0.2, 0.25) is 0 Å². The molecule has 5 nitrogen and oxygen atoms in total. The van der Waals surface area contributed by atoms with Crippen molar-refractivity contribution in [3.05, 3.63) is 59.2 Å². The summed E-state index contributed by atoms with van der Waals surface area (Å²) in [6.07, 6.45) is 0. The lowest BCUT2D eigenvalue weighted by Gasteiger charge is -2.09. The van der Waals surface area contributed by atoms with Crippen molar-refractivity contribution in [3.8, 4) is 5.75 Å². The molecule has 2 aromatic carbocycles. The number of hydrogen-bond acceptors (Lipinski definition) is 4. The molecule has 0 heterocycles. The summed E-state index contributed by atoms with van der Waals surface area (Å²) < 4.78 is 4.97. The van der Waals surface area contributed by atoms with Gasteiger partial charge in [-0.05, 0) is 61.4 Å². The molecule has 5 heteroatoms. The highest BCUT2D eigenvalue weighted by Crippen LogP contribution is 2.17. The third kappa shape index (κ3) is 4.09. The van der Waals surface area contributed by atoms with Gasteiger partial charge in [0.2, 0.25) is 0 Å². The number of anilines is 1. The second-order valence-electron chi connectivity index (χ2n) is 4.94. The number of amides is 1. The second kappa shape index (κ2) is 6.76. The van der Waals surface area contributed by atoms with E-state index in [4.69, 9.17) is 4.74 Å². The van der Waals surface area contributed by atoms with Crippen LogP contribution < -0.4 is 15.2 Å². The number of carbonyl (C=O) groups is 2. The lowest BCUT2D eigenvalue weighted by Crippen LogP contribution is -2.28. The van der Waals surface area contributed by atoms with Crippen LogP contribution in [-0.2, 0) is 4.79 Å². The van der Waals surface area contributed by atoms with Crippen molar-refractivity contribution in [2.75, 3.05) is 11.9 Å². The van der Waals surface area contributed by atoms with Crippen molar-refractivity contribution in [1.29, 1.82) is 0 Å². The zero-order valence-corrected chi connectivity index (χ0v) is 12.4. The minimum atomic E-state index is -1.29. The topological polar surface area (TPSA) is 78.5 Å². The first kappa shape index (κ1) is 15.6. The van der Waals surface area contributed by atoms with Gasteiger partial charge in [0, 0.05) is 11.3 Å². The minimum absolute atomic E-state index is 0.202. The monoisotopic (exact) mass is 298 g/mol. The van der Waals surface area contributed by atoms with Gasteiger partial charge < -0.3 is 20.0 Å². The van der Waals surface area contributed by atoms with Crippen LogP contribution in [0.3, 0.4) is 0 Å². The van der Waals surface area contributed by atoms with Crippen LogP contribution in [-0.4, -0.2) is 18.5 Å². The van der Waals surface area contributed by atoms with Crippen LogP contribution >= 0.6 is 0 Å². The Labute approximate surface area is 128 Å². The van der Waals surface area contributed by atoms with Gasteiger partial charge >= 0.3 is 0 Å². The fourth-order valence-corrected chi connectivity index (χ4v) is 1.86. The van der Waals surface area contributed by atoms with Gasteiger partial charge in [0.05, 0.1) is 5.97 Å². The summed E-state index contributed by atoms with van der Waals surface area (Å²) in [5.41, 5.74) is 3.37. The maximum Gasteiger partial charge on any atom is 0.255 e. The normalized spacial score (nSPS) is 10.1. The van der Waals surface area contributed by atoms with Crippen LogP contribution in [0.1, 0.15) is 21.5 Å². The summed E-state index contributed by atoms with van der Waals surface area (Å²) >= 11 is 0. The molecule has 0 atom stereocenters. The highest BCUT2D eigenvalue weighted by molar-refractivity contribution is 6.04. The Morgan fingerprint density at radius 2 is 1.73 bits per heavy atom. The van der Waals surface area contributed by atoms with E-state index < -0.39 is 12.6 Å². The van der Waals surface area contributed by atoms with Crippen LogP contribution in [0, 0.1) is 13.8 Å². The van der Waals surface area contributed by atoms with E-state index in [1.807, 2.05) is 26.0 Å². The fraction of sp³-hybridized carbons (Fsp3) is 0.176. The molecule has 1 N–H and O–H groups in total. The van der Waals surface area contributed by atoms with E-state index in [9.17, 15) is 14.7 Å². The van der Waals surface area contributed by atoms with E-state index in [0.717, 1.165) is 11.1 Å². The second-order valence-corrected chi connectivity index (χ2v) is 4.94. The number of carboxylic acids is 1. The predicted molar refractivity (Wildman–Crippen MR) is 80.8 cm³/mol. The molecule has 2 rings (SSSR count). The van der Waals surface area contributed by atoms with E-state index in [0.29, 0.717) is 17.0 Å². The molecule has 0 radical (unpaired) electrons. The Morgan fingerprint density at radius 3 is 2.32 bits per heavy atom. The molecule has 0 spiro atoms. The van der Waals surface area contributed by atoms with Crippen molar-refractivity contribution in [2.24, 2.45) is 0 Å². The molecule has 0 saturated carbocycles. The largest absolute Gasteiger partial charge is 0.546 e. The Morgan fingerprint density at radius 1 is 1.05 bits per heavy atom. The fourth-order valence-electron chi connectivity index (χ4n) is 1.86. The minimum Gasteiger partial charge on any atom is -0.546 e. The average molecular weight is 298 g/mol. The van der Waals surface area contributed by atoms with E-state index in [2.05, 4.69) is 5.32 Å². The molecule has 22 heavy (non-hydrogen) atoms. The number of ether oxygens (including phenoxy) is 1. The highest BCUT2D eigenvalue weighted by atomic mass is 16.5. The standard InChI is InChI=1S/C17H17NO4/c1-11-3-4-13(9-12(11)2)17(21)18-14-5-7-15(8-6-14)22-10-16(19)20/h3-9H,10H2,1-2H3,(H,18,21)(H,19,20)/p-1. The zero-order valence-electron chi connectivity index (χ0n) is 12.4. The number of nitrogens with one attached hydrogen (secondary N) is 1. The third-order valence-corrected chi connectivity index (χ3v) is 3.24. The van der Waals surface area contributed by atoms with Gasteiger partial charge in [0.25, 0.3) is 5.91 Å². The number of rotatable bonds is 5. The van der Waals surface area contributed by atoms with Crippen LogP contribution in [0.5, 0.6) is 5.75 Å². The average Bonchev–Trinajstić information content (AvgIpc) is 2.49. The lowest BCUT2D eigenvalue weighted by molar-refractivity contribution is -0.307. The van der Waals surface area contributed by atoms with Gasteiger partial charge in [-0.3, -0.25) is 4.79 Å². The number of aliphatic carboxylic acids is 1. The van der Waals surface area contributed by atoms with Crippen molar-refractivity contribution >= 4 is 17.6 Å². The SMILES string of the molecule is Cc1ccc(C(=O)Nc2ccc(OCC(=O)[O-])cc2)cc1C. The van der Waals surface area contributed by atoms with Crippen molar-refractivity contribution in [1.82, 2.24) is 0 Å². The molecule has 0 fully saturated rings. The summed E-state index contributed by atoms with van der Waals surface area (Å²) in [5, 5.41) is 13.1. The van der Waals surface area contributed by atoms with Gasteiger partial charge in [-0.25, -0.2) is 0 Å². The Kier molecular flexibility index (Phi) is 4.78. The molecule has 0 unspecified atom stereocenters. The Balaban J connectivity index is 2.02. The predicted octanol–water partition coefficient (Wildman–Crippen LogP) is 1.68. The molecule has 2 aromatic rings. The first-order valence-corrected chi connectivity index (χ1v) is 6.77. The number of hydrogen-bond donors (Lipinski definition) is 1. The number of carbonyl (C=O) groups excluding carboxylic acids is 2. The smallest absolute Gasteiger partial charge is 0.255 e. The molecule has 0 aliphatic carbocycles. The first-order valence-electron chi connectivity index (χ1n) is 6.77. The lowest BCUT2D eigenvalue weighted by atomic mass is 10.1. The van der Waals surface area contributed by atoms with Gasteiger partial charge in [-0.2, -0.15) is 0 Å². The molecule has 0 bridgehead atoms. The van der Waals surface area contributed by atoms with E-state index in [1.165, 1.54) is 0 Å². The summed E-state index contributed by atoms with van der Waals surface area (Å²) in [6.45, 7) is 3.44. The van der Waals surface area contributed by atoms with Crippen LogP contribution in [0.25, 0.3) is 0 Å². The Hall–Kier alpha value is -2.82. The quantitative estimate of drug-likeness (QED) is 0.911. The van der Waals surface area contributed by atoms with Crippen molar-refractivity contribution in [2.45, 2.75) is 13.8 Å². The number of benzene rings is 2.